The smallest absolute Gasteiger partial charge is 0.242 e. The zero-order valence-electron chi connectivity index (χ0n) is 14.4. The van der Waals surface area contributed by atoms with Crippen molar-refractivity contribution in [3.05, 3.63) is 47.5 Å². The first-order valence-corrected chi connectivity index (χ1v) is 9.43. The zero-order valence-corrected chi connectivity index (χ0v) is 16.0. The Labute approximate surface area is 157 Å². The number of anilines is 1. The van der Waals surface area contributed by atoms with Crippen LogP contribution in [0.5, 0.6) is 11.5 Å². The van der Waals surface area contributed by atoms with Crippen LogP contribution in [0.25, 0.3) is 0 Å². The molecule has 9 heteroatoms. The highest BCUT2D eigenvalue weighted by Crippen LogP contribution is 2.27. The van der Waals surface area contributed by atoms with Gasteiger partial charge in [0.2, 0.25) is 15.9 Å². The van der Waals surface area contributed by atoms with Gasteiger partial charge in [-0.2, -0.15) is 4.72 Å². The van der Waals surface area contributed by atoms with E-state index in [1.807, 2.05) is 0 Å². The van der Waals surface area contributed by atoms with E-state index in [0.29, 0.717) is 17.2 Å². The fraction of sp³-hybridized carbons (Fsp3) is 0.235. The van der Waals surface area contributed by atoms with E-state index in [0.717, 1.165) is 0 Å². The molecule has 0 bridgehead atoms. The number of hydrogen-bond donors (Lipinski definition) is 2. The predicted octanol–water partition coefficient (Wildman–Crippen LogP) is 2.66. The summed E-state index contributed by atoms with van der Waals surface area (Å²) >= 11 is 5.96. The average Bonchev–Trinajstić information content (AvgIpc) is 2.61. The van der Waals surface area contributed by atoms with Crippen molar-refractivity contribution in [2.45, 2.75) is 17.9 Å². The van der Waals surface area contributed by atoms with Crippen molar-refractivity contribution in [3.8, 4) is 11.5 Å². The second-order valence-electron chi connectivity index (χ2n) is 5.36. The topological polar surface area (TPSA) is 93.7 Å². The van der Waals surface area contributed by atoms with Crippen molar-refractivity contribution in [3.63, 3.8) is 0 Å². The van der Waals surface area contributed by atoms with Crippen molar-refractivity contribution in [1.82, 2.24) is 4.72 Å². The van der Waals surface area contributed by atoms with Gasteiger partial charge in [0, 0.05) is 5.69 Å². The number of carbonyl (C=O) groups excluding carboxylic acids is 1. The van der Waals surface area contributed by atoms with Gasteiger partial charge in [0.25, 0.3) is 0 Å². The standard InChI is InChI=1S/C17H19ClN2O5S/c1-11(17(21)19-12-4-6-13(24-2)7-5-12)20-26(22,23)14-8-9-16(25-3)15(18)10-14/h4-11,20H,1-3H3,(H,19,21)/t11-/m1/s1. The van der Waals surface area contributed by atoms with Crippen molar-refractivity contribution < 1.29 is 22.7 Å². The third kappa shape index (κ3) is 4.87. The molecule has 0 heterocycles. The summed E-state index contributed by atoms with van der Waals surface area (Å²) in [5.74, 6) is 0.502. The molecule has 0 aliphatic carbocycles. The van der Waals surface area contributed by atoms with Gasteiger partial charge in [-0.1, -0.05) is 11.6 Å². The summed E-state index contributed by atoms with van der Waals surface area (Å²) in [7, 11) is -0.958. The van der Waals surface area contributed by atoms with Gasteiger partial charge in [0.15, 0.2) is 0 Å². The number of amides is 1. The van der Waals surface area contributed by atoms with Gasteiger partial charge in [0.05, 0.1) is 30.2 Å². The molecule has 140 valence electrons. The van der Waals surface area contributed by atoms with Gasteiger partial charge in [-0.25, -0.2) is 8.42 Å². The Hall–Kier alpha value is -2.29. The number of sulfonamides is 1. The lowest BCUT2D eigenvalue weighted by atomic mass is 10.2. The quantitative estimate of drug-likeness (QED) is 0.747. The summed E-state index contributed by atoms with van der Waals surface area (Å²) in [6, 6.07) is 9.73. The Kier molecular flexibility index (Phi) is 6.47. The minimum atomic E-state index is -3.93. The van der Waals surface area contributed by atoms with Crippen LogP contribution in [-0.2, 0) is 14.8 Å². The molecule has 0 aromatic heterocycles. The molecule has 0 radical (unpaired) electrons. The lowest BCUT2D eigenvalue weighted by Crippen LogP contribution is -2.41. The summed E-state index contributed by atoms with van der Waals surface area (Å²) in [5, 5.41) is 2.79. The van der Waals surface area contributed by atoms with E-state index in [4.69, 9.17) is 21.1 Å². The van der Waals surface area contributed by atoms with Gasteiger partial charge >= 0.3 is 0 Å². The molecule has 0 spiro atoms. The Bertz CT molecular complexity index is 885. The molecule has 2 aromatic rings. The van der Waals surface area contributed by atoms with Gasteiger partial charge in [0.1, 0.15) is 11.5 Å². The second-order valence-corrected chi connectivity index (χ2v) is 7.48. The molecular formula is C17H19ClN2O5S. The van der Waals surface area contributed by atoms with Gasteiger partial charge in [-0.05, 0) is 49.4 Å². The van der Waals surface area contributed by atoms with Gasteiger partial charge in [-0.15, -0.1) is 0 Å². The highest BCUT2D eigenvalue weighted by atomic mass is 35.5. The SMILES string of the molecule is COc1ccc(NC(=O)[C@@H](C)NS(=O)(=O)c2ccc(OC)c(Cl)c2)cc1. The number of ether oxygens (including phenoxy) is 2. The van der Waals surface area contributed by atoms with Crippen LogP contribution in [-0.4, -0.2) is 34.6 Å². The number of benzene rings is 2. The first kappa shape index (κ1) is 20.0. The molecule has 2 aromatic carbocycles. The summed E-state index contributed by atoms with van der Waals surface area (Å²) < 4.78 is 37.2. The second kappa shape index (κ2) is 8.39. The minimum Gasteiger partial charge on any atom is -0.497 e. The molecule has 0 aliphatic heterocycles. The van der Waals surface area contributed by atoms with Crippen LogP contribution >= 0.6 is 11.6 Å². The molecule has 0 saturated heterocycles. The molecule has 0 fully saturated rings. The van der Waals surface area contributed by atoms with E-state index in [1.165, 1.54) is 39.3 Å². The van der Waals surface area contributed by atoms with Crippen LogP contribution in [0.15, 0.2) is 47.4 Å². The molecule has 26 heavy (non-hydrogen) atoms. The lowest BCUT2D eigenvalue weighted by Gasteiger charge is -2.15. The van der Waals surface area contributed by atoms with Gasteiger partial charge in [-0.3, -0.25) is 4.79 Å². The van der Waals surface area contributed by atoms with Crippen LogP contribution in [0.1, 0.15) is 6.92 Å². The van der Waals surface area contributed by atoms with Crippen molar-refractivity contribution in [1.29, 1.82) is 0 Å². The van der Waals surface area contributed by atoms with E-state index < -0.39 is 22.0 Å². The molecule has 1 atom stereocenters. The van der Waals surface area contributed by atoms with E-state index >= 15 is 0 Å². The lowest BCUT2D eigenvalue weighted by molar-refractivity contribution is -0.117. The highest BCUT2D eigenvalue weighted by molar-refractivity contribution is 7.89. The van der Waals surface area contributed by atoms with Crippen LogP contribution < -0.4 is 19.5 Å². The third-order valence-corrected chi connectivity index (χ3v) is 5.35. The Morgan fingerprint density at radius 1 is 1.08 bits per heavy atom. The van der Waals surface area contributed by atoms with E-state index in [9.17, 15) is 13.2 Å². The number of nitrogens with one attached hydrogen (secondary N) is 2. The molecular weight excluding hydrogens is 380 g/mol. The first-order valence-electron chi connectivity index (χ1n) is 7.57. The molecule has 1 amide bonds. The van der Waals surface area contributed by atoms with E-state index in [1.54, 1.807) is 24.3 Å². The molecule has 7 nitrogen and oxygen atoms in total. The third-order valence-electron chi connectivity index (χ3n) is 3.52. The summed E-state index contributed by atoms with van der Waals surface area (Å²) in [4.78, 5) is 12.2. The Morgan fingerprint density at radius 3 is 2.27 bits per heavy atom. The largest absolute Gasteiger partial charge is 0.497 e. The number of hydrogen-bond acceptors (Lipinski definition) is 5. The normalized spacial score (nSPS) is 12.3. The predicted molar refractivity (Wildman–Crippen MR) is 99.4 cm³/mol. The fourth-order valence-electron chi connectivity index (χ4n) is 2.09. The molecule has 0 unspecified atom stereocenters. The van der Waals surface area contributed by atoms with Crippen molar-refractivity contribution in [2.24, 2.45) is 0 Å². The molecule has 0 saturated carbocycles. The summed E-state index contributed by atoms with van der Waals surface area (Å²) in [5.41, 5.74) is 0.523. The Morgan fingerprint density at radius 2 is 1.73 bits per heavy atom. The highest BCUT2D eigenvalue weighted by Gasteiger charge is 2.23. The average molecular weight is 399 g/mol. The molecule has 2 rings (SSSR count). The minimum absolute atomic E-state index is 0.0626. The number of methoxy groups -OCH3 is 2. The molecule has 0 aliphatic rings. The van der Waals surface area contributed by atoms with Gasteiger partial charge < -0.3 is 14.8 Å². The molecule has 2 N–H and O–H groups in total. The zero-order chi connectivity index (χ0) is 19.3. The maximum Gasteiger partial charge on any atom is 0.242 e. The summed E-state index contributed by atoms with van der Waals surface area (Å²) in [6.45, 7) is 1.45. The van der Waals surface area contributed by atoms with Crippen LogP contribution in [0.4, 0.5) is 5.69 Å². The van der Waals surface area contributed by atoms with Crippen LogP contribution in [0.3, 0.4) is 0 Å². The maximum absolute atomic E-state index is 12.4. The number of halogens is 1. The Balaban J connectivity index is 2.07. The summed E-state index contributed by atoms with van der Waals surface area (Å²) in [6.07, 6.45) is 0. The van der Waals surface area contributed by atoms with Crippen molar-refractivity contribution >= 4 is 33.2 Å². The van der Waals surface area contributed by atoms with Crippen LogP contribution in [0.2, 0.25) is 5.02 Å². The number of rotatable bonds is 7. The number of carbonyl (C=O) groups is 1. The maximum atomic E-state index is 12.4. The van der Waals surface area contributed by atoms with Crippen molar-refractivity contribution in [2.75, 3.05) is 19.5 Å². The van der Waals surface area contributed by atoms with E-state index in [-0.39, 0.29) is 9.92 Å². The van der Waals surface area contributed by atoms with Crippen LogP contribution in [0, 0.1) is 0 Å². The fourth-order valence-corrected chi connectivity index (χ4v) is 3.64. The first-order chi connectivity index (χ1) is 12.3. The van der Waals surface area contributed by atoms with E-state index in [2.05, 4.69) is 10.0 Å². The monoisotopic (exact) mass is 398 g/mol.